The fourth-order valence-corrected chi connectivity index (χ4v) is 1.24. The molecule has 23 heavy (non-hydrogen) atoms. The highest BCUT2D eigenvalue weighted by Gasteiger charge is 2.24. The Hall–Kier alpha value is -3.50. The van der Waals surface area contributed by atoms with Gasteiger partial charge < -0.3 is 9.90 Å². The summed E-state index contributed by atoms with van der Waals surface area (Å²) in [7, 11) is 0. The van der Waals surface area contributed by atoms with Gasteiger partial charge in [0.25, 0.3) is 0 Å². The molecular weight excluding hydrogens is 320 g/mol. The average Bonchev–Trinajstić information content (AvgIpc) is 2.47. The molecule has 0 aromatic rings. The van der Waals surface area contributed by atoms with Crippen LogP contribution in [-0.2, 0) is 48.3 Å². The Bertz CT molecular complexity index is 625. The molecule has 0 fully saturated rings. The molecule has 0 aromatic heterocycles. The Morgan fingerprint density at radius 3 is 2.35 bits per heavy atom. The highest BCUT2D eigenvalue weighted by Crippen LogP contribution is 2.11. The first-order chi connectivity index (χ1) is 10.8. The van der Waals surface area contributed by atoms with E-state index in [0.29, 0.717) is 12.2 Å². The van der Waals surface area contributed by atoms with Gasteiger partial charge in [-0.15, -0.1) is 0 Å². The smallest absolute Gasteiger partial charge is 0.383 e. The van der Waals surface area contributed by atoms with Crippen LogP contribution < -0.4 is 0 Å². The van der Waals surface area contributed by atoms with E-state index in [2.05, 4.69) is 19.6 Å². The molecule has 0 aliphatic carbocycles. The molecule has 0 amide bonds. The van der Waals surface area contributed by atoms with Gasteiger partial charge in [-0.2, -0.15) is 0 Å². The number of carboxylic acid groups (broad SMARTS) is 1. The molecule has 0 aromatic carbocycles. The number of carboxylic acids is 1. The van der Waals surface area contributed by atoms with Crippen LogP contribution in [0.3, 0.4) is 0 Å². The Morgan fingerprint density at radius 1 is 1.09 bits per heavy atom. The number of carbonyl (C=O) groups is 6. The SMILES string of the molecule is O=CC/C1=C\C(=O)OOC(=O)/C(=C\C(=O)O)CC(=O)OOC1=O. The standard InChI is InChI=1S/C12H8O11/c13-2-1-6-4-9(16)20-23-12(19)7(3-8(14)15)5-10(17)21-22-11(6)18/h2-4H,1,5H2,(H,14,15)/b6-4+,7-3-. The van der Waals surface area contributed by atoms with E-state index in [1.54, 1.807) is 0 Å². The van der Waals surface area contributed by atoms with Crippen molar-refractivity contribution in [1.29, 1.82) is 0 Å². The van der Waals surface area contributed by atoms with E-state index >= 15 is 0 Å². The molecule has 1 aliphatic heterocycles. The van der Waals surface area contributed by atoms with E-state index in [0.717, 1.165) is 0 Å². The van der Waals surface area contributed by atoms with Crippen molar-refractivity contribution < 1.29 is 53.4 Å². The van der Waals surface area contributed by atoms with E-state index in [4.69, 9.17) is 5.11 Å². The molecule has 0 saturated carbocycles. The quantitative estimate of drug-likeness (QED) is 0.381. The third kappa shape index (κ3) is 5.79. The van der Waals surface area contributed by atoms with Gasteiger partial charge in [-0.05, 0) is 0 Å². The number of aliphatic carboxylic acids is 1. The van der Waals surface area contributed by atoms with Gasteiger partial charge in [0.1, 0.15) is 6.29 Å². The number of hydrogen-bond donors (Lipinski definition) is 1. The van der Waals surface area contributed by atoms with Gasteiger partial charge in [0.2, 0.25) is 0 Å². The predicted octanol–water partition coefficient (Wildman–Crippen LogP) is -1.08. The van der Waals surface area contributed by atoms with Crippen LogP contribution in [0.5, 0.6) is 0 Å². The number of carbonyl (C=O) groups excluding carboxylic acids is 5. The maximum absolute atomic E-state index is 11.5. The van der Waals surface area contributed by atoms with Crippen LogP contribution in [0, 0.1) is 0 Å². The number of rotatable bonds is 3. The average molecular weight is 328 g/mol. The van der Waals surface area contributed by atoms with E-state index < -0.39 is 53.8 Å². The highest BCUT2D eigenvalue weighted by molar-refractivity contribution is 6.01. The first kappa shape index (κ1) is 17.6. The maximum atomic E-state index is 11.5. The van der Waals surface area contributed by atoms with Crippen molar-refractivity contribution in [2.45, 2.75) is 12.8 Å². The van der Waals surface area contributed by atoms with E-state index in [9.17, 15) is 28.8 Å². The zero-order chi connectivity index (χ0) is 17.4. The lowest BCUT2D eigenvalue weighted by molar-refractivity contribution is -0.258. The lowest BCUT2D eigenvalue weighted by atomic mass is 10.2. The molecule has 11 nitrogen and oxygen atoms in total. The zero-order valence-electron chi connectivity index (χ0n) is 11.2. The summed E-state index contributed by atoms with van der Waals surface area (Å²) in [4.78, 5) is 82.8. The molecule has 1 aliphatic rings. The molecule has 1 heterocycles. The normalized spacial score (nSPS) is 20.7. The minimum absolute atomic E-state index is 0.258. The molecule has 0 bridgehead atoms. The molecule has 0 unspecified atom stereocenters. The summed E-state index contributed by atoms with van der Waals surface area (Å²) in [6, 6.07) is 0. The van der Waals surface area contributed by atoms with Crippen LogP contribution in [0.25, 0.3) is 0 Å². The fourth-order valence-electron chi connectivity index (χ4n) is 1.24. The molecule has 11 heteroatoms. The lowest BCUT2D eigenvalue weighted by Gasteiger charge is -2.08. The Balaban J connectivity index is 3.08. The van der Waals surface area contributed by atoms with Crippen molar-refractivity contribution in [3.05, 3.63) is 23.3 Å². The van der Waals surface area contributed by atoms with Crippen molar-refractivity contribution in [1.82, 2.24) is 0 Å². The van der Waals surface area contributed by atoms with Crippen molar-refractivity contribution >= 4 is 36.1 Å². The Kier molecular flexibility index (Phi) is 6.16. The van der Waals surface area contributed by atoms with Gasteiger partial charge in [-0.25, -0.2) is 43.5 Å². The van der Waals surface area contributed by atoms with Crippen molar-refractivity contribution in [2.75, 3.05) is 0 Å². The summed E-state index contributed by atoms with van der Waals surface area (Å²) >= 11 is 0. The molecule has 1 N–H and O–H groups in total. The molecule has 122 valence electrons. The maximum Gasteiger partial charge on any atom is 0.383 e. The van der Waals surface area contributed by atoms with E-state index in [1.165, 1.54) is 0 Å². The van der Waals surface area contributed by atoms with Crippen LogP contribution in [0.15, 0.2) is 23.3 Å². The van der Waals surface area contributed by atoms with Crippen molar-refractivity contribution in [3.63, 3.8) is 0 Å². The van der Waals surface area contributed by atoms with Gasteiger partial charge in [-0.1, -0.05) is 0 Å². The highest BCUT2D eigenvalue weighted by atomic mass is 17.2. The molecule has 0 radical (unpaired) electrons. The van der Waals surface area contributed by atoms with E-state index in [-0.39, 0.29) is 6.29 Å². The number of aldehydes is 1. The van der Waals surface area contributed by atoms with Crippen LogP contribution in [0.1, 0.15) is 12.8 Å². The summed E-state index contributed by atoms with van der Waals surface area (Å²) in [6.07, 6.45) is -0.460. The van der Waals surface area contributed by atoms with Gasteiger partial charge in [0, 0.05) is 18.6 Å². The van der Waals surface area contributed by atoms with Gasteiger partial charge in [0.05, 0.1) is 17.6 Å². The van der Waals surface area contributed by atoms with Crippen molar-refractivity contribution in [2.24, 2.45) is 0 Å². The first-order valence-electron chi connectivity index (χ1n) is 5.75. The third-order valence-electron chi connectivity index (χ3n) is 2.16. The van der Waals surface area contributed by atoms with E-state index in [1.807, 2.05) is 0 Å². The molecule has 1 rings (SSSR count). The fraction of sp³-hybridized carbons (Fsp3) is 0.167. The monoisotopic (exact) mass is 328 g/mol. The van der Waals surface area contributed by atoms with Crippen LogP contribution >= 0.6 is 0 Å². The zero-order valence-corrected chi connectivity index (χ0v) is 11.2. The second-order valence-electron chi connectivity index (χ2n) is 3.82. The summed E-state index contributed by atoms with van der Waals surface area (Å²) < 4.78 is 0. The second-order valence-corrected chi connectivity index (χ2v) is 3.82. The van der Waals surface area contributed by atoms with Crippen LogP contribution in [0.2, 0.25) is 0 Å². The summed E-state index contributed by atoms with van der Waals surface area (Å²) in [5.74, 6) is -7.03. The first-order valence-corrected chi connectivity index (χ1v) is 5.75. The second kappa shape index (κ2) is 8.07. The van der Waals surface area contributed by atoms with Crippen LogP contribution in [-0.4, -0.2) is 41.2 Å². The topological polar surface area (TPSA) is 160 Å². The minimum atomic E-state index is -1.59. The minimum Gasteiger partial charge on any atom is -0.478 e. The van der Waals surface area contributed by atoms with Gasteiger partial charge in [-0.3, -0.25) is 0 Å². The number of hydrogen-bond acceptors (Lipinski definition) is 10. The molecule has 0 atom stereocenters. The Labute approximate surface area is 126 Å². The summed E-state index contributed by atoms with van der Waals surface area (Å²) in [5.41, 5.74) is -1.26. The van der Waals surface area contributed by atoms with Crippen LogP contribution in [0.4, 0.5) is 0 Å². The van der Waals surface area contributed by atoms with Gasteiger partial charge >= 0.3 is 29.8 Å². The van der Waals surface area contributed by atoms with Crippen molar-refractivity contribution in [3.8, 4) is 0 Å². The third-order valence-corrected chi connectivity index (χ3v) is 2.16. The largest absolute Gasteiger partial charge is 0.478 e. The van der Waals surface area contributed by atoms with Gasteiger partial charge in [0.15, 0.2) is 0 Å². The predicted molar refractivity (Wildman–Crippen MR) is 63.5 cm³/mol. The molecular formula is C12H8O11. The summed E-state index contributed by atoms with van der Waals surface area (Å²) in [6.45, 7) is 0. The Morgan fingerprint density at radius 2 is 1.74 bits per heavy atom. The molecule has 0 saturated heterocycles. The summed E-state index contributed by atoms with van der Waals surface area (Å²) in [5, 5.41) is 8.57. The lowest BCUT2D eigenvalue weighted by Crippen LogP contribution is -2.20. The molecule has 0 spiro atoms.